The summed E-state index contributed by atoms with van der Waals surface area (Å²) in [5, 5.41) is 9.42. The zero-order valence-electron chi connectivity index (χ0n) is 9.38. The van der Waals surface area contributed by atoms with E-state index in [0.717, 1.165) is 21.6 Å². The average Bonchev–Trinajstić information content (AvgIpc) is 2.98. The van der Waals surface area contributed by atoms with E-state index in [1.165, 1.54) is 0 Å². The van der Waals surface area contributed by atoms with E-state index >= 15 is 0 Å². The van der Waals surface area contributed by atoms with Crippen molar-refractivity contribution in [2.45, 2.75) is 6.42 Å². The first kappa shape index (κ1) is 10.9. The number of aromatic amines is 1. The molecule has 1 amide bonds. The first-order valence-electron chi connectivity index (χ1n) is 5.42. The highest BCUT2D eigenvalue weighted by Gasteiger charge is 2.06. The third-order valence-electron chi connectivity index (χ3n) is 2.52. The number of thiazole rings is 1. The first-order valence-corrected chi connectivity index (χ1v) is 6.30. The number of carbonyl (C=O) groups excluding carboxylic acids is 1. The number of carbonyl (C=O) groups is 1. The Labute approximate surface area is 107 Å². The molecule has 0 saturated carbocycles. The Morgan fingerprint density at radius 1 is 1.39 bits per heavy atom. The van der Waals surface area contributed by atoms with Crippen molar-refractivity contribution in [1.29, 1.82) is 0 Å². The van der Waals surface area contributed by atoms with Gasteiger partial charge in [0.2, 0.25) is 5.91 Å². The molecular weight excluding hydrogens is 248 g/mol. The lowest BCUT2D eigenvalue weighted by atomic mass is 10.2. The number of hydrogen-bond acceptors (Lipinski definition) is 4. The van der Waals surface area contributed by atoms with Gasteiger partial charge < -0.3 is 5.32 Å². The Balaban J connectivity index is 1.73. The topological polar surface area (TPSA) is 70.7 Å². The maximum atomic E-state index is 11.8. The maximum absolute atomic E-state index is 11.8. The normalized spacial score (nSPS) is 10.7. The number of nitrogens with zero attached hydrogens (tertiary/aromatic N) is 2. The Bertz CT molecular complexity index is 674. The molecule has 90 valence electrons. The molecule has 0 aliphatic carbocycles. The van der Waals surface area contributed by atoms with Crippen molar-refractivity contribution in [3.8, 4) is 0 Å². The van der Waals surface area contributed by atoms with Crippen molar-refractivity contribution in [2.24, 2.45) is 0 Å². The molecule has 0 fully saturated rings. The van der Waals surface area contributed by atoms with E-state index in [1.807, 2.05) is 18.2 Å². The standard InChI is InChI=1S/C12H10N4OS/c17-12(6-9-3-4-14-16-9)15-8-1-2-10-11(5-8)18-7-13-10/h1-5,7H,6H2,(H,14,16)(H,15,17). The molecule has 5 nitrogen and oxygen atoms in total. The van der Waals surface area contributed by atoms with Gasteiger partial charge in [-0.2, -0.15) is 5.10 Å². The van der Waals surface area contributed by atoms with Gasteiger partial charge in [0, 0.05) is 17.6 Å². The van der Waals surface area contributed by atoms with Gasteiger partial charge in [-0.15, -0.1) is 11.3 Å². The van der Waals surface area contributed by atoms with Gasteiger partial charge in [0.25, 0.3) is 0 Å². The number of H-pyrrole nitrogens is 1. The summed E-state index contributed by atoms with van der Waals surface area (Å²) in [7, 11) is 0. The van der Waals surface area contributed by atoms with Gasteiger partial charge in [-0.3, -0.25) is 9.89 Å². The molecule has 0 bridgehead atoms. The molecule has 0 radical (unpaired) electrons. The third kappa shape index (κ3) is 2.23. The number of aromatic nitrogens is 3. The van der Waals surface area contributed by atoms with Crippen molar-refractivity contribution < 1.29 is 4.79 Å². The van der Waals surface area contributed by atoms with Gasteiger partial charge in [-0.05, 0) is 24.3 Å². The highest BCUT2D eigenvalue weighted by atomic mass is 32.1. The van der Waals surface area contributed by atoms with Crippen LogP contribution < -0.4 is 5.32 Å². The summed E-state index contributed by atoms with van der Waals surface area (Å²) in [6.07, 6.45) is 1.92. The molecule has 18 heavy (non-hydrogen) atoms. The first-order chi connectivity index (χ1) is 8.81. The second-order valence-electron chi connectivity index (χ2n) is 3.84. The number of benzene rings is 1. The second-order valence-corrected chi connectivity index (χ2v) is 4.73. The van der Waals surface area contributed by atoms with E-state index in [4.69, 9.17) is 0 Å². The van der Waals surface area contributed by atoms with Crippen LogP contribution in [0.5, 0.6) is 0 Å². The van der Waals surface area contributed by atoms with Gasteiger partial charge in [-0.1, -0.05) is 0 Å². The van der Waals surface area contributed by atoms with Crippen molar-refractivity contribution in [2.75, 3.05) is 5.32 Å². The Morgan fingerprint density at radius 2 is 2.33 bits per heavy atom. The predicted octanol–water partition coefficient (Wildman–Crippen LogP) is 2.20. The number of rotatable bonds is 3. The lowest BCUT2D eigenvalue weighted by molar-refractivity contribution is -0.115. The minimum absolute atomic E-state index is 0.0666. The van der Waals surface area contributed by atoms with E-state index < -0.39 is 0 Å². The van der Waals surface area contributed by atoms with Crippen LogP contribution in [0.25, 0.3) is 10.2 Å². The summed E-state index contributed by atoms with van der Waals surface area (Å²) in [6, 6.07) is 7.47. The van der Waals surface area contributed by atoms with Crippen LogP contribution in [-0.4, -0.2) is 21.1 Å². The molecule has 0 aliphatic rings. The van der Waals surface area contributed by atoms with Gasteiger partial charge in [0.1, 0.15) is 0 Å². The van der Waals surface area contributed by atoms with E-state index in [9.17, 15) is 4.79 Å². The number of hydrogen-bond donors (Lipinski definition) is 2. The molecule has 2 aromatic heterocycles. The summed E-state index contributed by atoms with van der Waals surface area (Å²) in [6.45, 7) is 0. The largest absolute Gasteiger partial charge is 0.326 e. The van der Waals surface area contributed by atoms with E-state index in [0.29, 0.717) is 6.42 Å². The van der Waals surface area contributed by atoms with Crippen LogP contribution in [0.3, 0.4) is 0 Å². The maximum Gasteiger partial charge on any atom is 0.230 e. The number of amides is 1. The zero-order chi connectivity index (χ0) is 12.4. The Hall–Kier alpha value is -2.21. The van der Waals surface area contributed by atoms with Gasteiger partial charge >= 0.3 is 0 Å². The third-order valence-corrected chi connectivity index (χ3v) is 3.32. The molecule has 2 heterocycles. The predicted molar refractivity (Wildman–Crippen MR) is 70.5 cm³/mol. The molecule has 6 heteroatoms. The molecule has 2 N–H and O–H groups in total. The monoisotopic (exact) mass is 258 g/mol. The molecule has 0 unspecified atom stereocenters. The lowest BCUT2D eigenvalue weighted by Gasteiger charge is -2.03. The second kappa shape index (κ2) is 4.58. The van der Waals surface area contributed by atoms with Crippen molar-refractivity contribution in [3.05, 3.63) is 41.7 Å². The molecular formula is C12H10N4OS. The van der Waals surface area contributed by atoms with Crippen molar-refractivity contribution >= 4 is 33.1 Å². The molecule has 0 atom stereocenters. The molecule has 0 spiro atoms. The minimum Gasteiger partial charge on any atom is -0.326 e. The fourth-order valence-corrected chi connectivity index (χ4v) is 2.41. The summed E-state index contributed by atoms with van der Waals surface area (Å²) in [5.41, 5.74) is 4.33. The summed E-state index contributed by atoms with van der Waals surface area (Å²) < 4.78 is 1.06. The van der Waals surface area contributed by atoms with E-state index in [1.54, 1.807) is 29.1 Å². The van der Waals surface area contributed by atoms with Gasteiger partial charge in [-0.25, -0.2) is 4.98 Å². The van der Waals surface area contributed by atoms with Gasteiger partial charge in [0.15, 0.2) is 0 Å². The highest BCUT2D eigenvalue weighted by molar-refractivity contribution is 7.16. The SMILES string of the molecule is O=C(Cc1ccn[nH]1)Nc1ccc2ncsc2c1. The molecule has 3 rings (SSSR count). The van der Waals surface area contributed by atoms with Crippen LogP contribution in [-0.2, 0) is 11.2 Å². The fourth-order valence-electron chi connectivity index (χ4n) is 1.69. The molecule has 1 aromatic carbocycles. The molecule has 0 aliphatic heterocycles. The van der Waals surface area contributed by atoms with Gasteiger partial charge in [0.05, 0.1) is 22.1 Å². The fraction of sp³-hybridized carbons (Fsp3) is 0.0833. The molecule has 3 aromatic rings. The average molecular weight is 258 g/mol. The molecule has 0 saturated heterocycles. The van der Waals surface area contributed by atoms with Crippen LogP contribution in [0.1, 0.15) is 5.69 Å². The van der Waals surface area contributed by atoms with E-state index in [-0.39, 0.29) is 5.91 Å². The number of nitrogens with one attached hydrogen (secondary N) is 2. The number of fused-ring (bicyclic) bond motifs is 1. The highest BCUT2D eigenvalue weighted by Crippen LogP contribution is 2.21. The van der Waals surface area contributed by atoms with Crippen LogP contribution >= 0.6 is 11.3 Å². The van der Waals surface area contributed by atoms with Crippen molar-refractivity contribution in [3.63, 3.8) is 0 Å². The van der Waals surface area contributed by atoms with E-state index in [2.05, 4.69) is 20.5 Å². The van der Waals surface area contributed by atoms with Crippen LogP contribution in [0, 0.1) is 0 Å². The quantitative estimate of drug-likeness (QED) is 0.756. The zero-order valence-corrected chi connectivity index (χ0v) is 10.2. The summed E-state index contributed by atoms with van der Waals surface area (Å²) >= 11 is 1.56. The van der Waals surface area contributed by atoms with Crippen LogP contribution in [0.15, 0.2) is 36.0 Å². The van der Waals surface area contributed by atoms with Crippen molar-refractivity contribution in [1.82, 2.24) is 15.2 Å². The smallest absolute Gasteiger partial charge is 0.230 e. The van der Waals surface area contributed by atoms with Crippen LogP contribution in [0.2, 0.25) is 0 Å². The van der Waals surface area contributed by atoms with Crippen LogP contribution in [0.4, 0.5) is 5.69 Å². The lowest BCUT2D eigenvalue weighted by Crippen LogP contribution is -2.14. The Kier molecular flexibility index (Phi) is 2.77. The number of anilines is 1. The minimum atomic E-state index is -0.0666. The summed E-state index contributed by atoms with van der Waals surface area (Å²) in [4.78, 5) is 16.0. The Morgan fingerprint density at radius 3 is 3.17 bits per heavy atom. The summed E-state index contributed by atoms with van der Waals surface area (Å²) in [5.74, 6) is -0.0666.